The number of anilines is 1. The molecule has 1 saturated carbocycles. The van der Waals surface area contributed by atoms with Gasteiger partial charge in [0.1, 0.15) is 11.7 Å². The summed E-state index contributed by atoms with van der Waals surface area (Å²) in [5.74, 6) is -0.00121. The minimum Gasteiger partial charge on any atom is -0.493 e. The number of hydrogen-bond donors (Lipinski definition) is 1. The predicted molar refractivity (Wildman–Crippen MR) is 143 cm³/mol. The largest absolute Gasteiger partial charge is 0.493 e. The van der Waals surface area contributed by atoms with Crippen LogP contribution in [0.3, 0.4) is 0 Å². The number of carbonyl (C=O) groups is 3. The SMILES string of the molecule is COc1ccc([C@H](C(=O)NC2CCCCC2)N(C(=O)c2cnccn2)c2ccc(C(C)=O)cc2)cc1OC. The van der Waals surface area contributed by atoms with E-state index in [1.165, 1.54) is 44.6 Å². The molecule has 1 atom stereocenters. The summed E-state index contributed by atoms with van der Waals surface area (Å²) in [6, 6.07) is 10.7. The van der Waals surface area contributed by atoms with Gasteiger partial charge in [0, 0.05) is 29.7 Å². The van der Waals surface area contributed by atoms with Gasteiger partial charge in [-0.2, -0.15) is 0 Å². The van der Waals surface area contributed by atoms with Crippen molar-refractivity contribution in [1.29, 1.82) is 0 Å². The van der Waals surface area contributed by atoms with Crippen molar-refractivity contribution in [3.8, 4) is 11.5 Å². The molecule has 0 spiro atoms. The van der Waals surface area contributed by atoms with Crippen molar-refractivity contribution in [2.24, 2.45) is 0 Å². The lowest BCUT2D eigenvalue weighted by molar-refractivity contribution is -0.123. The third-order valence-electron chi connectivity index (χ3n) is 6.73. The normalized spacial score (nSPS) is 14.3. The van der Waals surface area contributed by atoms with Crippen molar-refractivity contribution in [2.75, 3.05) is 19.1 Å². The smallest absolute Gasteiger partial charge is 0.279 e. The molecule has 0 radical (unpaired) electrons. The molecule has 1 aliphatic carbocycles. The molecule has 9 heteroatoms. The molecule has 1 aliphatic rings. The van der Waals surface area contributed by atoms with Crippen molar-refractivity contribution in [1.82, 2.24) is 15.3 Å². The third-order valence-corrected chi connectivity index (χ3v) is 6.73. The van der Waals surface area contributed by atoms with E-state index in [0.717, 1.165) is 32.1 Å². The second-order valence-electron chi connectivity index (χ2n) is 9.23. The summed E-state index contributed by atoms with van der Waals surface area (Å²) in [4.78, 5) is 49.6. The van der Waals surface area contributed by atoms with E-state index in [0.29, 0.717) is 28.3 Å². The summed E-state index contributed by atoms with van der Waals surface area (Å²) in [6.45, 7) is 1.47. The highest BCUT2D eigenvalue weighted by Gasteiger charge is 2.36. The summed E-state index contributed by atoms with van der Waals surface area (Å²) < 4.78 is 10.9. The Labute approximate surface area is 222 Å². The van der Waals surface area contributed by atoms with Gasteiger partial charge in [0.05, 0.1) is 20.4 Å². The minimum atomic E-state index is -1.06. The average Bonchev–Trinajstić information content (AvgIpc) is 2.96. The third kappa shape index (κ3) is 5.99. The molecule has 0 bridgehead atoms. The first-order chi connectivity index (χ1) is 18.4. The van der Waals surface area contributed by atoms with Crippen molar-refractivity contribution in [2.45, 2.75) is 51.1 Å². The number of Topliss-reactive ketones (excluding diaryl/α,β-unsaturated/α-hetero) is 1. The topological polar surface area (TPSA) is 111 Å². The Morgan fingerprint density at radius 1 is 0.947 bits per heavy atom. The zero-order valence-electron chi connectivity index (χ0n) is 21.8. The Hall–Kier alpha value is -4.27. The van der Waals surface area contributed by atoms with E-state index in [4.69, 9.17) is 9.47 Å². The van der Waals surface area contributed by atoms with Crippen LogP contribution >= 0.6 is 0 Å². The minimum absolute atomic E-state index is 0.0208. The van der Waals surface area contributed by atoms with Crippen LogP contribution in [0.4, 0.5) is 5.69 Å². The van der Waals surface area contributed by atoms with E-state index in [-0.39, 0.29) is 23.4 Å². The van der Waals surface area contributed by atoms with Crippen molar-refractivity contribution < 1.29 is 23.9 Å². The van der Waals surface area contributed by atoms with Gasteiger partial charge in [-0.25, -0.2) is 4.98 Å². The van der Waals surface area contributed by atoms with Crippen molar-refractivity contribution >= 4 is 23.3 Å². The first-order valence-corrected chi connectivity index (χ1v) is 12.7. The number of rotatable bonds is 9. The Kier molecular flexibility index (Phi) is 8.68. The predicted octanol–water partition coefficient (Wildman–Crippen LogP) is 4.53. The second kappa shape index (κ2) is 12.3. The Morgan fingerprint density at radius 2 is 1.66 bits per heavy atom. The second-order valence-corrected chi connectivity index (χ2v) is 9.23. The molecule has 3 aromatic rings. The number of ether oxygens (including phenoxy) is 2. The van der Waals surface area contributed by atoms with Gasteiger partial charge in [-0.3, -0.25) is 24.3 Å². The van der Waals surface area contributed by atoms with Gasteiger partial charge in [-0.15, -0.1) is 0 Å². The van der Waals surface area contributed by atoms with Gasteiger partial charge in [0.15, 0.2) is 17.3 Å². The average molecular weight is 517 g/mol. The van der Waals surface area contributed by atoms with E-state index in [2.05, 4.69) is 15.3 Å². The van der Waals surface area contributed by atoms with Crippen LogP contribution in [-0.2, 0) is 4.79 Å². The van der Waals surface area contributed by atoms with E-state index >= 15 is 0 Å². The van der Waals surface area contributed by atoms with E-state index in [9.17, 15) is 14.4 Å². The molecule has 4 rings (SSSR count). The molecule has 1 aromatic heterocycles. The van der Waals surface area contributed by atoms with Crippen molar-refractivity contribution in [3.05, 3.63) is 77.9 Å². The summed E-state index contributed by atoms with van der Waals surface area (Å²) in [5.41, 5.74) is 1.54. The molecule has 198 valence electrons. The van der Waals surface area contributed by atoms with Gasteiger partial charge in [0.25, 0.3) is 5.91 Å². The molecular formula is C29H32N4O5. The number of nitrogens with zero attached hydrogens (tertiary/aromatic N) is 3. The molecule has 1 heterocycles. The number of methoxy groups -OCH3 is 2. The molecule has 1 N–H and O–H groups in total. The molecule has 2 aromatic carbocycles. The zero-order chi connectivity index (χ0) is 27.1. The van der Waals surface area contributed by atoms with Gasteiger partial charge < -0.3 is 14.8 Å². The highest BCUT2D eigenvalue weighted by atomic mass is 16.5. The number of carbonyl (C=O) groups excluding carboxylic acids is 3. The molecule has 9 nitrogen and oxygen atoms in total. The molecule has 2 amide bonds. The maximum absolute atomic E-state index is 14.0. The highest BCUT2D eigenvalue weighted by Crippen LogP contribution is 2.35. The Balaban J connectivity index is 1.85. The molecule has 0 aliphatic heterocycles. The maximum Gasteiger partial charge on any atom is 0.279 e. The standard InChI is InChI=1S/C29H32N4O5/c1-19(34)20-9-12-23(13-10-20)33(29(36)24-18-30-15-16-31-24)27(28(35)32-22-7-5-4-6-8-22)21-11-14-25(37-2)26(17-21)38-3/h9-18,22,27H,4-8H2,1-3H3,(H,32,35)/t27-/m1/s1. The Bertz CT molecular complexity index is 1270. The molecule has 1 fully saturated rings. The number of hydrogen-bond acceptors (Lipinski definition) is 7. The summed E-state index contributed by atoms with van der Waals surface area (Å²) in [6.07, 6.45) is 9.27. The van der Waals surface area contributed by atoms with Gasteiger partial charge in [-0.1, -0.05) is 25.3 Å². The van der Waals surface area contributed by atoms with Crippen LogP contribution in [0.1, 0.15) is 71.5 Å². The van der Waals surface area contributed by atoms with Gasteiger partial charge in [0.2, 0.25) is 5.91 Å². The van der Waals surface area contributed by atoms with Crippen LogP contribution < -0.4 is 19.7 Å². The fourth-order valence-corrected chi connectivity index (χ4v) is 4.74. The quantitative estimate of drug-likeness (QED) is 0.416. The highest BCUT2D eigenvalue weighted by molar-refractivity contribution is 6.09. The summed E-state index contributed by atoms with van der Waals surface area (Å²) >= 11 is 0. The van der Waals surface area contributed by atoms with Gasteiger partial charge >= 0.3 is 0 Å². The van der Waals surface area contributed by atoms with E-state index < -0.39 is 11.9 Å². The van der Waals surface area contributed by atoms with E-state index in [1.54, 1.807) is 42.5 Å². The van der Waals surface area contributed by atoms with Crippen LogP contribution in [0, 0.1) is 0 Å². The lowest BCUT2D eigenvalue weighted by Crippen LogP contribution is -2.47. The monoisotopic (exact) mass is 516 g/mol. The van der Waals surface area contributed by atoms with Crippen LogP contribution in [0.15, 0.2) is 61.1 Å². The molecule has 0 unspecified atom stereocenters. The number of amides is 2. The summed E-state index contributed by atoms with van der Waals surface area (Å²) in [5, 5.41) is 3.17. The number of aromatic nitrogens is 2. The number of benzene rings is 2. The maximum atomic E-state index is 14.0. The first kappa shape index (κ1) is 26.8. The zero-order valence-corrected chi connectivity index (χ0v) is 21.8. The van der Waals surface area contributed by atoms with E-state index in [1.807, 2.05) is 0 Å². The lowest BCUT2D eigenvalue weighted by atomic mass is 9.94. The number of nitrogens with one attached hydrogen (secondary N) is 1. The molecular weight excluding hydrogens is 484 g/mol. The summed E-state index contributed by atoms with van der Waals surface area (Å²) in [7, 11) is 3.05. The Morgan fingerprint density at radius 3 is 2.26 bits per heavy atom. The van der Waals surface area contributed by atoms with Crippen LogP contribution in [0.5, 0.6) is 11.5 Å². The van der Waals surface area contributed by atoms with Crippen LogP contribution in [0.25, 0.3) is 0 Å². The molecule has 0 saturated heterocycles. The first-order valence-electron chi connectivity index (χ1n) is 12.7. The fourth-order valence-electron chi connectivity index (χ4n) is 4.74. The molecule has 38 heavy (non-hydrogen) atoms. The number of ketones is 1. The van der Waals surface area contributed by atoms with Crippen molar-refractivity contribution in [3.63, 3.8) is 0 Å². The lowest BCUT2D eigenvalue weighted by Gasteiger charge is -2.33. The fraction of sp³-hybridized carbons (Fsp3) is 0.345. The van der Waals surface area contributed by atoms with Crippen LogP contribution in [-0.4, -0.2) is 47.8 Å². The van der Waals surface area contributed by atoms with Gasteiger partial charge in [-0.05, 0) is 61.7 Å². The van der Waals surface area contributed by atoms with Crippen LogP contribution in [0.2, 0.25) is 0 Å².